The fourth-order valence-electron chi connectivity index (χ4n) is 1.74. The van der Waals surface area contributed by atoms with Crippen LogP contribution in [-0.4, -0.2) is 4.98 Å². The van der Waals surface area contributed by atoms with Crippen LogP contribution in [0.25, 0.3) is 11.1 Å². The van der Waals surface area contributed by atoms with E-state index in [9.17, 15) is 0 Å². The number of oxazole rings is 1. The van der Waals surface area contributed by atoms with Gasteiger partial charge in [0.2, 0.25) is 0 Å². The van der Waals surface area contributed by atoms with Gasteiger partial charge in [-0.15, -0.1) is 0 Å². The molecular formula is C14H8ClN3OS. The van der Waals surface area contributed by atoms with Crippen LogP contribution in [0.1, 0.15) is 5.56 Å². The number of nitrogens with two attached hydrogens (primary N) is 1. The van der Waals surface area contributed by atoms with Crippen molar-refractivity contribution in [1.82, 2.24) is 4.98 Å². The molecule has 3 rings (SSSR count). The van der Waals surface area contributed by atoms with Crippen LogP contribution in [0.2, 0.25) is 5.02 Å². The molecule has 0 unspecified atom stereocenters. The van der Waals surface area contributed by atoms with Crippen molar-refractivity contribution in [3.8, 4) is 6.07 Å². The van der Waals surface area contributed by atoms with Crippen molar-refractivity contribution in [2.24, 2.45) is 0 Å². The lowest BCUT2D eigenvalue weighted by Gasteiger charge is -2.00. The number of halogens is 1. The summed E-state index contributed by atoms with van der Waals surface area (Å²) in [6.45, 7) is 0. The Hall–Kier alpha value is -2.16. The number of hydrogen-bond acceptors (Lipinski definition) is 5. The zero-order chi connectivity index (χ0) is 14.1. The monoisotopic (exact) mass is 301 g/mol. The van der Waals surface area contributed by atoms with Crippen LogP contribution in [0.4, 0.5) is 5.69 Å². The Morgan fingerprint density at radius 2 is 2.10 bits per heavy atom. The number of benzene rings is 2. The first-order chi connectivity index (χ1) is 9.65. The molecule has 0 bridgehead atoms. The fourth-order valence-corrected chi connectivity index (χ4v) is 2.72. The first kappa shape index (κ1) is 12.9. The summed E-state index contributed by atoms with van der Waals surface area (Å²) in [6.07, 6.45) is 0. The number of nitriles is 1. The van der Waals surface area contributed by atoms with Gasteiger partial charge in [0.15, 0.2) is 5.58 Å². The van der Waals surface area contributed by atoms with Crippen molar-refractivity contribution in [3.63, 3.8) is 0 Å². The van der Waals surface area contributed by atoms with E-state index in [0.29, 0.717) is 27.1 Å². The van der Waals surface area contributed by atoms with Gasteiger partial charge in [-0.3, -0.25) is 0 Å². The fraction of sp³-hybridized carbons (Fsp3) is 0. The topological polar surface area (TPSA) is 75.8 Å². The summed E-state index contributed by atoms with van der Waals surface area (Å²) in [7, 11) is 0. The normalized spacial score (nSPS) is 10.6. The average Bonchev–Trinajstić information content (AvgIpc) is 2.82. The van der Waals surface area contributed by atoms with E-state index in [2.05, 4.69) is 11.1 Å². The summed E-state index contributed by atoms with van der Waals surface area (Å²) >= 11 is 7.15. The Bertz CT molecular complexity index is 838. The third kappa shape index (κ3) is 2.44. The molecule has 20 heavy (non-hydrogen) atoms. The molecule has 0 radical (unpaired) electrons. The van der Waals surface area contributed by atoms with E-state index in [1.165, 1.54) is 11.8 Å². The van der Waals surface area contributed by atoms with Gasteiger partial charge >= 0.3 is 0 Å². The number of nitrogens with zero attached hydrogens (tertiary/aromatic N) is 2. The van der Waals surface area contributed by atoms with E-state index in [1.807, 2.05) is 0 Å². The lowest BCUT2D eigenvalue weighted by molar-refractivity contribution is 0.489. The van der Waals surface area contributed by atoms with Crippen molar-refractivity contribution >= 4 is 40.1 Å². The molecule has 0 fully saturated rings. The molecule has 0 aliphatic rings. The summed E-state index contributed by atoms with van der Waals surface area (Å²) < 4.78 is 5.61. The Labute approximate surface area is 124 Å². The Kier molecular flexibility index (Phi) is 3.26. The molecule has 0 saturated heterocycles. The lowest BCUT2D eigenvalue weighted by Crippen LogP contribution is -1.81. The molecular weight excluding hydrogens is 294 g/mol. The van der Waals surface area contributed by atoms with Crippen LogP contribution >= 0.6 is 23.4 Å². The van der Waals surface area contributed by atoms with E-state index >= 15 is 0 Å². The summed E-state index contributed by atoms with van der Waals surface area (Å²) in [4.78, 5) is 5.09. The zero-order valence-corrected chi connectivity index (χ0v) is 11.7. The molecule has 4 nitrogen and oxygen atoms in total. The Morgan fingerprint density at radius 3 is 2.90 bits per heavy atom. The van der Waals surface area contributed by atoms with Gasteiger partial charge in [0.05, 0.1) is 5.56 Å². The molecule has 0 atom stereocenters. The molecule has 1 heterocycles. The first-order valence-electron chi connectivity index (χ1n) is 5.69. The molecule has 1 aromatic heterocycles. The molecule has 0 saturated carbocycles. The number of fused-ring (bicyclic) bond motifs is 1. The lowest BCUT2D eigenvalue weighted by atomic mass is 10.2. The highest BCUT2D eigenvalue weighted by Crippen LogP contribution is 2.33. The van der Waals surface area contributed by atoms with Crippen molar-refractivity contribution < 1.29 is 4.42 Å². The van der Waals surface area contributed by atoms with Crippen LogP contribution in [0.3, 0.4) is 0 Å². The first-order valence-corrected chi connectivity index (χ1v) is 6.89. The number of rotatable bonds is 2. The molecule has 0 spiro atoms. The van der Waals surface area contributed by atoms with Gasteiger partial charge in [-0.25, -0.2) is 4.98 Å². The second-order valence-corrected chi connectivity index (χ2v) is 5.49. The Morgan fingerprint density at radius 1 is 1.25 bits per heavy atom. The third-order valence-corrected chi connectivity index (χ3v) is 3.81. The van der Waals surface area contributed by atoms with Crippen molar-refractivity contribution in [3.05, 3.63) is 47.0 Å². The Balaban J connectivity index is 1.99. The molecule has 2 aromatic carbocycles. The van der Waals surface area contributed by atoms with E-state index < -0.39 is 0 Å². The maximum absolute atomic E-state index is 9.11. The van der Waals surface area contributed by atoms with Crippen molar-refractivity contribution in [2.45, 2.75) is 10.1 Å². The number of anilines is 1. The summed E-state index contributed by atoms with van der Waals surface area (Å²) in [6, 6.07) is 12.5. The van der Waals surface area contributed by atoms with Crippen LogP contribution in [0.5, 0.6) is 0 Å². The average molecular weight is 302 g/mol. The summed E-state index contributed by atoms with van der Waals surface area (Å²) in [5.41, 5.74) is 8.16. The predicted octanol–water partition coefficient (Wildman–Crippen LogP) is 4.09. The largest absolute Gasteiger partial charge is 0.431 e. The van der Waals surface area contributed by atoms with Crippen LogP contribution < -0.4 is 5.73 Å². The number of nitrogen functional groups attached to an aromatic ring is 1. The molecule has 6 heteroatoms. The second-order valence-electron chi connectivity index (χ2n) is 4.06. The molecule has 0 amide bonds. The highest BCUT2D eigenvalue weighted by Gasteiger charge is 2.11. The van der Waals surface area contributed by atoms with E-state index in [0.717, 1.165) is 10.4 Å². The second kappa shape index (κ2) is 5.08. The van der Waals surface area contributed by atoms with Gasteiger partial charge in [-0.05, 0) is 42.1 Å². The van der Waals surface area contributed by atoms with E-state index in [4.69, 9.17) is 27.0 Å². The molecule has 2 N–H and O–H groups in total. The third-order valence-electron chi connectivity index (χ3n) is 2.65. The molecule has 98 valence electrons. The SMILES string of the molecule is N#Cc1cc(Cl)ccc1Sc1nc2ccc(N)cc2o1. The number of aromatic nitrogens is 1. The quantitative estimate of drug-likeness (QED) is 0.722. The minimum atomic E-state index is 0.462. The zero-order valence-electron chi connectivity index (χ0n) is 10.1. The smallest absolute Gasteiger partial charge is 0.261 e. The molecule has 3 aromatic rings. The molecule has 0 aliphatic carbocycles. The molecule has 0 aliphatic heterocycles. The van der Waals surface area contributed by atoms with Crippen LogP contribution in [0.15, 0.2) is 50.9 Å². The summed E-state index contributed by atoms with van der Waals surface area (Å²) in [5, 5.41) is 10.1. The minimum absolute atomic E-state index is 0.462. The minimum Gasteiger partial charge on any atom is -0.431 e. The highest BCUT2D eigenvalue weighted by molar-refractivity contribution is 7.99. The van der Waals surface area contributed by atoms with Crippen LogP contribution in [-0.2, 0) is 0 Å². The number of hydrogen-bond donors (Lipinski definition) is 1. The van der Waals surface area contributed by atoms with Crippen molar-refractivity contribution in [2.75, 3.05) is 5.73 Å². The van der Waals surface area contributed by atoms with Crippen LogP contribution in [0, 0.1) is 11.3 Å². The maximum Gasteiger partial charge on any atom is 0.261 e. The van der Waals surface area contributed by atoms with Gasteiger partial charge in [0.1, 0.15) is 11.6 Å². The van der Waals surface area contributed by atoms with Gasteiger partial charge in [0, 0.05) is 21.7 Å². The maximum atomic E-state index is 9.11. The predicted molar refractivity (Wildman–Crippen MR) is 78.7 cm³/mol. The van der Waals surface area contributed by atoms with Gasteiger partial charge in [0.25, 0.3) is 5.22 Å². The standard InChI is InChI=1S/C14H8ClN3OS/c15-9-1-4-13(8(5-9)7-16)20-14-18-11-3-2-10(17)6-12(11)19-14/h1-6H,17H2. The van der Waals surface area contributed by atoms with Gasteiger partial charge in [-0.2, -0.15) is 5.26 Å². The van der Waals surface area contributed by atoms with E-state index in [1.54, 1.807) is 36.4 Å². The summed E-state index contributed by atoms with van der Waals surface area (Å²) in [5.74, 6) is 0. The van der Waals surface area contributed by atoms with Crippen molar-refractivity contribution in [1.29, 1.82) is 5.26 Å². The highest BCUT2D eigenvalue weighted by atomic mass is 35.5. The van der Waals surface area contributed by atoms with E-state index in [-0.39, 0.29) is 0 Å². The van der Waals surface area contributed by atoms with Gasteiger partial charge in [-0.1, -0.05) is 11.6 Å². The van der Waals surface area contributed by atoms with Gasteiger partial charge < -0.3 is 10.2 Å².